The van der Waals surface area contributed by atoms with Gasteiger partial charge in [0, 0.05) is 5.69 Å². The van der Waals surface area contributed by atoms with E-state index in [4.69, 9.17) is 4.74 Å². The monoisotopic (exact) mass is 245 g/mol. The second kappa shape index (κ2) is 3.20. The Hall–Kier alpha value is -1.68. The van der Waals surface area contributed by atoms with Crippen molar-refractivity contribution in [2.45, 2.75) is 18.1 Å². The van der Waals surface area contributed by atoms with E-state index in [2.05, 4.69) is 0 Å². The maximum absolute atomic E-state index is 12.9. The molecule has 3 unspecified atom stereocenters. The summed E-state index contributed by atoms with van der Waals surface area (Å²) in [4.78, 5) is 14.1. The molecular weight excluding hydrogens is 233 g/mol. The summed E-state index contributed by atoms with van der Waals surface area (Å²) in [6.45, 7) is 0.537. The molecule has 3 aliphatic heterocycles. The minimum atomic E-state index is -0.434. The van der Waals surface area contributed by atoms with Crippen molar-refractivity contribution in [2.24, 2.45) is 5.92 Å². The molecule has 18 heavy (non-hydrogen) atoms. The molecule has 1 aromatic carbocycles. The molecule has 3 aliphatic rings. The van der Waals surface area contributed by atoms with E-state index in [-0.39, 0.29) is 23.7 Å². The van der Waals surface area contributed by atoms with Crippen molar-refractivity contribution in [3.05, 3.63) is 42.2 Å². The van der Waals surface area contributed by atoms with E-state index in [1.807, 2.05) is 12.2 Å². The topological polar surface area (TPSA) is 29.5 Å². The standard InChI is InChI=1S/C14H12FNO2/c15-9-1-3-10(4-2-9)16-8-14-6-5-11(18-14)7-12(14)13(16)17/h1-6,11-12H,7-8H2. The summed E-state index contributed by atoms with van der Waals surface area (Å²) in [7, 11) is 0. The smallest absolute Gasteiger partial charge is 0.233 e. The van der Waals surface area contributed by atoms with Gasteiger partial charge in [-0.05, 0) is 30.7 Å². The number of fused-ring (bicyclic) bond motifs is 1. The van der Waals surface area contributed by atoms with Gasteiger partial charge in [0.15, 0.2) is 0 Å². The lowest BCUT2D eigenvalue weighted by molar-refractivity contribution is -0.121. The van der Waals surface area contributed by atoms with Gasteiger partial charge in [0.25, 0.3) is 0 Å². The van der Waals surface area contributed by atoms with Crippen LogP contribution in [0.3, 0.4) is 0 Å². The minimum absolute atomic E-state index is 0.0717. The second-order valence-electron chi connectivity index (χ2n) is 5.16. The Morgan fingerprint density at radius 2 is 2.11 bits per heavy atom. The lowest BCUT2D eigenvalue weighted by Gasteiger charge is -2.21. The number of hydrogen-bond acceptors (Lipinski definition) is 2. The molecule has 4 heteroatoms. The summed E-state index contributed by atoms with van der Waals surface area (Å²) in [6.07, 6.45) is 4.94. The zero-order valence-electron chi connectivity index (χ0n) is 9.67. The van der Waals surface area contributed by atoms with Gasteiger partial charge in [-0.25, -0.2) is 4.39 Å². The van der Waals surface area contributed by atoms with Crippen LogP contribution in [-0.2, 0) is 9.53 Å². The van der Waals surface area contributed by atoms with Crippen LogP contribution >= 0.6 is 0 Å². The fourth-order valence-electron chi connectivity index (χ4n) is 3.25. The first-order valence-corrected chi connectivity index (χ1v) is 6.12. The first kappa shape index (κ1) is 10.3. The van der Waals surface area contributed by atoms with Gasteiger partial charge in [-0.3, -0.25) is 4.79 Å². The van der Waals surface area contributed by atoms with Crippen LogP contribution in [0.4, 0.5) is 10.1 Å². The van der Waals surface area contributed by atoms with Gasteiger partial charge in [0.2, 0.25) is 5.91 Å². The highest BCUT2D eigenvalue weighted by atomic mass is 19.1. The van der Waals surface area contributed by atoms with Crippen molar-refractivity contribution in [2.75, 3.05) is 11.4 Å². The number of carbonyl (C=O) groups excluding carboxylic acids is 1. The molecule has 0 aliphatic carbocycles. The van der Waals surface area contributed by atoms with Gasteiger partial charge in [-0.1, -0.05) is 12.2 Å². The molecule has 3 atom stereocenters. The zero-order chi connectivity index (χ0) is 12.3. The summed E-state index contributed by atoms with van der Waals surface area (Å²) in [5.74, 6) is -0.271. The van der Waals surface area contributed by atoms with Crippen molar-refractivity contribution in [3.8, 4) is 0 Å². The predicted octanol–water partition coefficient (Wildman–Crippen LogP) is 1.89. The van der Waals surface area contributed by atoms with Crippen LogP contribution in [0, 0.1) is 11.7 Å². The van der Waals surface area contributed by atoms with Gasteiger partial charge in [-0.2, -0.15) is 0 Å². The first-order valence-electron chi connectivity index (χ1n) is 6.12. The quantitative estimate of drug-likeness (QED) is 0.707. The Morgan fingerprint density at radius 1 is 1.33 bits per heavy atom. The van der Waals surface area contributed by atoms with Crippen molar-refractivity contribution in [1.82, 2.24) is 0 Å². The number of benzene rings is 1. The molecule has 3 nitrogen and oxygen atoms in total. The van der Waals surface area contributed by atoms with Gasteiger partial charge < -0.3 is 9.64 Å². The van der Waals surface area contributed by atoms with Crippen molar-refractivity contribution >= 4 is 11.6 Å². The number of anilines is 1. The molecule has 92 valence electrons. The van der Waals surface area contributed by atoms with Crippen LogP contribution < -0.4 is 4.90 Å². The Kier molecular flexibility index (Phi) is 1.83. The van der Waals surface area contributed by atoms with E-state index in [0.717, 1.165) is 12.1 Å². The fourth-order valence-corrected chi connectivity index (χ4v) is 3.25. The molecule has 0 radical (unpaired) electrons. The summed E-state index contributed by atoms with van der Waals surface area (Å²) < 4.78 is 18.8. The average Bonchev–Trinajstić information content (AvgIpc) is 3.01. The summed E-state index contributed by atoms with van der Waals surface area (Å²) in [6, 6.07) is 6.03. The molecule has 2 bridgehead atoms. The van der Waals surface area contributed by atoms with E-state index < -0.39 is 5.60 Å². The van der Waals surface area contributed by atoms with E-state index in [0.29, 0.717) is 6.54 Å². The highest BCUT2D eigenvalue weighted by molar-refractivity contribution is 5.99. The number of rotatable bonds is 1. The Labute approximate surface area is 104 Å². The SMILES string of the molecule is O=C1C2CC3C=CC2(CN1c1ccc(F)cc1)O3. The zero-order valence-corrected chi connectivity index (χ0v) is 9.67. The van der Waals surface area contributed by atoms with Gasteiger partial charge >= 0.3 is 0 Å². The van der Waals surface area contributed by atoms with Crippen LogP contribution in [0.5, 0.6) is 0 Å². The highest BCUT2D eigenvalue weighted by Crippen LogP contribution is 2.49. The molecule has 0 saturated carbocycles. The van der Waals surface area contributed by atoms with Gasteiger partial charge in [0.05, 0.1) is 18.6 Å². The maximum Gasteiger partial charge on any atom is 0.233 e. The Morgan fingerprint density at radius 3 is 2.78 bits per heavy atom. The predicted molar refractivity (Wildman–Crippen MR) is 63.6 cm³/mol. The molecule has 0 aromatic heterocycles. The Balaban J connectivity index is 1.71. The molecule has 1 aromatic rings. The lowest BCUT2D eigenvalue weighted by Crippen LogP contribution is -2.33. The largest absolute Gasteiger partial charge is 0.361 e. The summed E-state index contributed by atoms with van der Waals surface area (Å²) >= 11 is 0. The van der Waals surface area contributed by atoms with Crippen molar-refractivity contribution in [1.29, 1.82) is 0 Å². The number of carbonyl (C=O) groups is 1. The number of ether oxygens (including phenoxy) is 1. The van der Waals surface area contributed by atoms with Crippen LogP contribution in [0.2, 0.25) is 0 Å². The van der Waals surface area contributed by atoms with Crippen LogP contribution in [0.25, 0.3) is 0 Å². The third kappa shape index (κ3) is 1.18. The maximum atomic E-state index is 12.9. The normalized spacial score (nSPS) is 36.5. The van der Waals surface area contributed by atoms with Gasteiger partial charge in [0.1, 0.15) is 11.4 Å². The van der Waals surface area contributed by atoms with E-state index >= 15 is 0 Å². The number of nitrogens with zero attached hydrogens (tertiary/aromatic N) is 1. The van der Waals surface area contributed by atoms with Crippen LogP contribution in [-0.4, -0.2) is 24.2 Å². The molecule has 0 N–H and O–H groups in total. The van der Waals surface area contributed by atoms with E-state index in [1.165, 1.54) is 12.1 Å². The lowest BCUT2D eigenvalue weighted by atomic mass is 9.86. The molecule has 2 saturated heterocycles. The minimum Gasteiger partial charge on any atom is -0.361 e. The van der Waals surface area contributed by atoms with E-state index in [1.54, 1.807) is 17.0 Å². The third-order valence-electron chi connectivity index (χ3n) is 4.13. The Bertz CT molecular complexity index is 553. The van der Waals surface area contributed by atoms with E-state index in [9.17, 15) is 9.18 Å². The average molecular weight is 245 g/mol. The first-order chi connectivity index (χ1) is 8.68. The summed E-state index contributed by atoms with van der Waals surface area (Å²) in [5.41, 5.74) is 0.307. The number of hydrogen-bond donors (Lipinski definition) is 0. The highest BCUT2D eigenvalue weighted by Gasteiger charge is 2.60. The third-order valence-corrected chi connectivity index (χ3v) is 4.13. The van der Waals surface area contributed by atoms with Crippen LogP contribution in [0.15, 0.2) is 36.4 Å². The number of halogens is 1. The summed E-state index contributed by atoms with van der Waals surface area (Å²) in [5, 5.41) is 0. The number of amides is 1. The van der Waals surface area contributed by atoms with Crippen molar-refractivity contribution < 1.29 is 13.9 Å². The molecular formula is C14H12FNO2. The van der Waals surface area contributed by atoms with Crippen LogP contribution in [0.1, 0.15) is 6.42 Å². The molecule has 4 rings (SSSR count). The van der Waals surface area contributed by atoms with Crippen molar-refractivity contribution in [3.63, 3.8) is 0 Å². The molecule has 1 spiro atoms. The van der Waals surface area contributed by atoms with Gasteiger partial charge in [-0.15, -0.1) is 0 Å². The molecule has 2 fully saturated rings. The molecule has 1 amide bonds. The molecule has 3 heterocycles. The fraction of sp³-hybridized carbons (Fsp3) is 0.357. The second-order valence-corrected chi connectivity index (χ2v) is 5.16.